The molecule has 0 bridgehead atoms. The number of rotatable bonds is 4. The summed E-state index contributed by atoms with van der Waals surface area (Å²) in [6.07, 6.45) is 3.00. The van der Waals surface area contributed by atoms with E-state index in [1.807, 2.05) is 6.92 Å². The van der Waals surface area contributed by atoms with Crippen molar-refractivity contribution in [2.75, 3.05) is 13.2 Å². The number of esters is 1. The maximum Gasteiger partial charge on any atom is 0.339 e. The van der Waals surface area contributed by atoms with Crippen LogP contribution in [0.15, 0.2) is 18.2 Å². The van der Waals surface area contributed by atoms with Crippen LogP contribution in [0.5, 0.6) is 0 Å². The fourth-order valence-corrected chi connectivity index (χ4v) is 2.80. The second-order valence-corrected chi connectivity index (χ2v) is 5.71. The van der Waals surface area contributed by atoms with Gasteiger partial charge in [0.25, 0.3) is 11.6 Å². The predicted molar refractivity (Wildman–Crippen MR) is 83.1 cm³/mol. The van der Waals surface area contributed by atoms with Gasteiger partial charge in [-0.1, -0.05) is 6.07 Å². The topological polar surface area (TPSA) is 89.8 Å². The standard InChI is InChI=1S/C16H20N2O5/c1-11-6-3-4-9-17(11)15(19)10-23-16(20)13-7-5-8-14(12(13)2)18(21)22/h5,7-8,11H,3-4,6,9-10H2,1-2H3/t11-/m0/s1. The van der Waals surface area contributed by atoms with E-state index in [1.165, 1.54) is 25.1 Å². The maximum absolute atomic E-state index is 12.1. The number of piperidine rings is 1. The lowest BCUT2D eigenvalue weighted by Gasteiger charge is -2.33. The molecule has 0 aliphatic carbocycles. The van der Waals surface area contributed by atoms with Crippen molar-refractivity contribution in [2.24, 2.45) is 0 Å². The number of nitro groups is 1. The Hall–Kier alpha value is -2.44. The molecule has 1 saturated heterocycles. The fraction of sp³-hybridized carbons (Fsp3) is 0.500. The Morgan fingerprint density at radius 2 is 2.13 bits per heavy atom. The summed E-state index contributed by atoms with van der Waals surface area (Å²) in [6, 6.07) is 4.36. The molecule has 0 saturated carbocycles. The number of carbonyl (C=O) groups excluding carboxylic acids is 2. The van der Waals surface area contributed by atoms with E-state index in [-0.39, 0.29) is 35.4 Å². The van der Waals surface area contributed by atoms with Crippen LogP contribution in [-0.4, -0.2) is 40.9 Å². The summed E-state index contributed by atoms with van der Waals surface area (Å²) in [5, 5.41) is 10.9. The average Bonchev–Trinajstić information content (AvgIpc) is 2.52. The minimum absolute atomic E-state index is 0.110. The molecule has 1 heterocycles. The van der Waals surface area contributed by atoms with Crippen molar-refractivity contribution in [1.29, 1.82) is 0 Å². The van der Waals surface area contributed by atoms with Gasteiger partial charge in [0, 0.05) is 24.2 Å². The lowest BCUT2D eigenvalue weighted by molar-refractivity contribution is -0.385. The summed E-state index contributed by atoms with van der Waals surface area (Å²) in [4.78, 5) is 36.3. The molecule has 0 radical (unpaired) electrons. The summed E-state index contributed by atoms with van der Waals surface area (Å²) >= 11 is 0. The number of carbonyl (C=O) groups is 2. The van der Waals surface area contributed by atoms with Gasteiger partial charge in [0.15, 0.2) is 6.61 Å². The molecule has 1 aromatic rings. The van der Waals surface area contributed by atoms with Crippen molar-refractivity contribution in [3.05, 3.63) is 39.4 Å². The van der Waals surface area contributed by atoms with E-state index in [9.17, 15) is 19.7 Å². The number of nitrogens with zero attached hydrogens (tertiary/aromatic N) is 2. The third-order valence-electron chi connectivity index (χ3n) is 4.17. The van der Waals surface area contributed by atoms with Gasteiger partial charge in [0.1, 0.15) is 0 Å². The minimum atomic E-state index is -0.718. The van der Waals surface area contributed by atoms with E-state index < -0.39 is 10.9 Å². The van der Waals surface area contributed by atoms with Gasteiger partial charge in [-0.3, -0.25) is 14.9 Å². The Morgan fingerprint density at radius 3 is 2.78 bits per heavy atom. The molecule has 7 heteroatoms. The molecule has 2 rings (SSSR count). The van der Waals surface area contributed by atoms with Gasteiger partial charge < -0.3 is 9.64 Å². The summed E-state index contributed by atoms with van der Waals surface area (Å²) in [6.45, 7) is 3.80. The summed E-state index contributed by atoms with van der Waals surface area (Å²) in [7, 11) is 0. The monoisotopic (exact) mass is 320 g/mol. The Balaban J connectivity index is 2.01. The van der Waals surface area contributed by atoms with Crippen LogP contribution in [0.3, 0.4) is 0 Å². The number of benzene rings is 1. The fourth-order valence-electron chi connectivity index (χ4n) is 2.80. The van der Waals surface area contributed by atoms with Gasteiger partial charge in [-0.05, 0) is 39.2 Å². The molecular formula is C16H20N2O5. The van der Waals surface area contributed by atoms with Gasteiger partial charge in [-0.15, -0.1) is 0 Å². The first kappa shape index (κ1) is 16.9. The van der Waals surface area contributed by atoms with Crippen LogP contribution in [0.2, 0.25) is 0 Å². The maximum atomic E-state index is 12.1. The van der Waals surface area contributed by atoms with Crippen LogP contribution in [0.1, 0.15) is 42.1 Å². The Bertz CT molecular complexity index is 629. The van der Waals surface area contributed by atoms with Crippen molar-refractivity contribution >= 4 is 17.6 Å². The second kappa shape index (κ2) is 7.21. The van der Waals surface area contributed by atoms with E-state index >= 15 is 0 Å². The van der Waals surface area contributed by atoms with Gasteiger partial charge in [0.2, 0.25) is 0 Å². The molecule has 1 fully saturated rings. The van der Waals surface area contributed by atoms with Gasteiger partial charge in [0.05, 0.1) is 10.5 Å². The van der Waals surface area contributed by atoms with Gasteiger partial charge >= 0.3 is 5.97 Å². The average molecular weight is 320 g/mol. The molecule has 1 atom stereocenters. The first-order chi connectivity index (χ1) is 10.9. The van der Waals surface area contributed by atoms with Crippen LogP contribution in [-0.2, 0) is 9.53 Å². The Morgan fingerprint density at radius 1 is 1.39 bits per heavy atom. The summed E-state index contributed by atoms with van der Waals surface area (Å²) in [5.74, 6) is -0.946. The molecule has 0 N–H and O–H groups in total. The molecule has 1 amide bonds. The lowest BCUT2D eigenvalue weighted by Crippen LogP contribution is -2.44. The Labute approximate surface area is 134 Å². The summed E-state index contributed by atoms with van der Waals surface area (Å²) in [5.41, 5.74) is 0.204. The largest absolute Gasteiger partial charge is 0.452 e. The number of hydrogen-bond acceptors (Lipinski definition) is 5. The van der Waals surface area contributed by atoms with Crippen molar-refractivity contribution in [2.45, 2.75) is 39.2 Å². The molecule has 1 aliphatic heterocycles. The zero-order valence-corrected chi connectivity index (χ0v) is 13.3. The molecule has 124 valence electrons. The zero-order chi connectivity index (χ0) is 17.0. The lowest BCUT2D eigenvalue weighted by atomic mass is 10.0. The smallest absolute Gasteiger partial charge is 0.339 e. The van der Waals surface area contributed by atoms with Crippen LogP contribution >= 0.6 is 0 Å². The van der Waals surface area contributed by atoms with E-state index in [4.69, 9.17) is 4.74 Å². The number of hydrogen-bond donors (Lipinski definition) is 0. The third kappa shape index (κ3) is 3.85. The highest BCUT2D eigenvalue weighted by Gasteiger charge is 2.25. The Kier molecular flexibility index (Phi) is 5.31. The summed E-state index contributed by atoms with van der Waals surface area (Å²) < 4.78 is 5.05. The van der Waals surface area contributed by atoms with Crippen molar-refractivity contribution in [3.63, 3.8) is 0 Å². The highest BCUT2D eigenvalue weighted by Crippen LogP contribution is 2.22. The third-order valence-corrected chi connectivity index (χ3v) is 4.17. The van der Waals surface area contributed by atoms with E-state index in [2.05, 4.69) is 0 Å². The zero-order valence-electron chi connectivity index (χ0n) is 13.3. The van der Waals surface area contributed by atoms with Gasteiger partial charge in [-0.2, -0.15) is 0 Å². The quantitative estimate of drug-likeness (QED) is 0.483. The molecule has 1 aliphatic rings. The highest BCUT2D eigenvalue weighted by atomic mass is 16.6. The molecule has 23 heavy (non-hydrogen) atoms. The van der Waals surface area contributed by atoms with Crippen LogP contribution in [0, 0.1) is 17.0 Å². The molecule has 1 aromatic carbocycles. The number of ether oxygens (including phenoxy) is 1. The van der Waals surface area contributed by atoms with Crippen LogP contribution in [0.4, 0.5) is 5.69 Å². The second-order valence-electron chi connectivity index (χ2n) is 5.71. The molecule has 0 unspecified atom stereocenters. The van der Waals surface area contributed by atoms with Crippen molar-refractivity contribution < 1.29 is 19.2 Å². The number of nitro benzene ring substituents is 1. The first-order valence-corrected chi connectivity index (χ1v) is 7.62. The first-order valence-electron chi connectivity index (χ1n) is 7.62. The van der Waals surface area contributed by atoms with Crippen LogP contribution in [0.25, 0.3) is 0 Å². The molecular weight excluding hydrogens is 300 g/mol. The van der Waals surface area contributed by atoms with E-state index in [1.54, 1.807) is 4.90 Å². The molecule has 0 aromatic heterocycles. The van der Waals surface area contributed by atoms with Crippen molar-refractivity contribution in [1.82, 2.24) is 4.90 Å². The predicted octanol–water partition coefficient (Wildman–Crippen LogP) is 2.46. The minimum Gasteiger partial charge on any atom is -0.452 e. The normalized spacial score (nSPS) is 17.7. The SMILES string of the molecule is Cc1c(C(=O)OCC(=O)N2CCCC[C@@H]2C)cccc1[N+](=O)[O-]. The molecule has 0 spiro atoms. The number of likely N-dealkylation sites (tertiary alicyclic amines) is 1. The van der Waals surface area contributed by atoms with E-state index in [0.29, 0.717) is 6.54 Å². The molecule has 7 nitrogen and oxygen atoms in total. The van der Waals surface area contributed by atoms with Crippen molar-refractivity contribution in [3.8, 4) is 0 Å². The highest BCUT2D eigenvalue weighted by molar-refractivity contribution is 5.93. The van der Waals surface area contributed by atoms with Crippen LogP contribution < -0.4 is 0 Å². The van der Waals surface area contributed by atoms with Gasteiger partial charge in [-0.25, -0.2) is 4.79 Å². The number of amides is 1. The van der Waals surface area contributed by atoms with E-state index in [0.717, 1.165) is 19.3 Å².